The number of hydrogen-bond donors (Lipinski definition) is 0. The summed E-state index contributed by atoms with van der Waals surface area (Å²) in [5, 5.41) is 0. The molecule has 0 rings (SSSR count). The summed E-state index contributed by atoms with van der Waals surface area (Å²) in [6.07, 6.45) is 0. The van der Waals surface area contributed by atoms with Gasteiger partial charge in [-0.15, -0.1) is 0 Å². The average molecular weight is 209 g/mol. The van der Waals surface area contributed by atoms with Crippen molar-refractivity contribution in [2.24, 2.45) is 0 Å². The van der Waals surface area contributed by atoms with Crippen molar-refractivity contribution in [2.75, 3.05) is 0 Å². The third-order valence-corrected chi connectivity index (χ3v) is 0. The molecule has 0 aliphatic carbocycles. The molecule has 0 aromatic heterocycles. The summed E-state index contributed by atoms with van der Waals surface area (Å²) in [5.41, 5.74) is 0. The van der Waals surface area contributed by atoms with E-state index in [0.29, 0.717) is 0 Å². The van der Waals surface area contributed by atoms with Crippen LogP contribution in [0.4, 0.5) is 0 Å². The molecular formula is CuMnNiO2+2. The van der Waals surface area contributed by atoms with Crippen LogP contribution < -0.4 is 0 Å². The van der Waals surface area contributed by atoms with E-state index in [4.69, 9.17) is 0 Å². The van der Waals surface area contributed by atoms with E-state index < -0.39 is 0 Å². The molecule has 0 N–H and O–H groups in total. The van der Waals surface area contributed by atoms with Crippen molar-refractivity contribution in [3.63, 3.8) is 0 Å². The Morgan fingerprint density at radius 3 is 0.800 bits per heavy atom. The van der Waals surface area contributed by atoms with E-state index in [1.54, 1.807) is 0 Å². The SMILES string of the molecule is [Cu+2].[Mn+2].[Ni+2].[O-2].[O-2]. The molecule has 0 amide bonds. The Hall–Kier alpha value is 1.45. The van der Waals surface area contributed by atoms with Crippen LogP contribution in [0.2, 0.25) is 0 Å². The quantitative estimate of drug-likeness (QED) is 0.494. The van der Waals surface area contributed by atoms with Gasteiger partial charge in [0.15, 0.2) is 0 Å². The fraction of sp³-hybridized carbons (Fsp3) is 0. The number of hydrogen-bond acceptors (Lipinski definition) is 0. The molecule has 0 aliphatic rings. The van der Waals surface area contributed by atoms with E-state index in [1.165, 1.54) is 0 Å². The maximum absolute atomic E-state index is 0. The Morgan fingerprint density at radius 2 is 0.800 bits per heavy atom. The van der Waals surface area contributed by atoms with Crippen LogP contribution in [0.25, 0.3) is 0 Å². The molecule has 2 radical (unpaired) electrons. The van der Waals surface area contributed by atoms with Crippen molar-refractivity contribution in [2.45, 2.75) is 0 Å². The molecule has 0 bridgehead atoms. The Morgan fingerprint density at radius 1 is 0.800 bits per heavy atom. The summed E-state index contributed by atoms with van der Waals surface area (Å²) in [6.45, 7) is 0. The van der Waals surface area contributed by atoms with E-state index >= 15 is 0 Å². The third-order valence-electron chi connectivity index (χ3n) is 0. The molecule has 0 atom stereocenters. The van der Waals surface area contributed by atoms with Gasteiger partial charge >= 0.3 is 50.6 Å². The van der Waals surface area contributed by atoms with E-state index in [-0.39, 0.29) is 61.6 Å². The molecule has 5 heavy (non-hydrogen) atoms. The second kappa shape index (κ2) is 51.2. The summed E-state index contributed by atoms with van der Waals surface area (Å²) >= 11 is 0. The van der Waals surface area contributed by atoms with Gasteiger partial charge in [0.1, 0.15) is 0 Å². The monoisotopic (exact) mass is 208 g/mol. The second-order valence-electron chi connectivity index (χ2n) is 0. The molecule has 0 heterocycles. The largest absolute Gasteiger partial charge is 2.00 e. The van der Waals surface area contributed by atoms with Crippen molar-refractivity contribution < 1.29 is 61.6 Å². The van der Waals surface area contributed by atoms with Crippen LogP contribution in [-0.2, 0) is 61.6 Å². The normalized spacial score (nSPS) is 0. The first-order valence-corrected chi connectivity index (χ1v) is 0. The molecular weight excluding hydrogens is 209 g/mol. The van der Waals surface area contributed by atoms with Gasteiger partial charge in [-0.05, 0) is 0 Å². The van der Waals surface area contributed by atoms with Gasteiger partial charge in [-0.2, -0.15) is 0 Å². The predicted octanol–water partition coefficient (Wildman–Crippen LogP) is -0.245. The zero-order chi connectivity index (χ0) is 0. The third kappa shape index (κ3) is 30.8. The van der Waals surface area contributed by atoms with Crippen LogP contribution >= 0.6 is 0 Å². The minimum absolute atomic E-state index is 0. The van der Waals surface area contributed by atoms with Crippen molar-refractivity contribution in [1.29, 1.82) is 0 Å². The average Bonchev–Trinajstić information content (AvgIpc) is 0. The first-order valence-electron chi connectivity index (χ1n) is 0. The maximum atomic E-state index is 0. The Balaban J connectivity index is 0. The van der Waals surface area contributed by atoms with E-state index in [1.807, 2.05) is 0 Å². The standard InChI is InChI=1S/Cu.Mn.Ni.2O/q3*+2;2*-2. The first-order chi connectivity index (χ1) is 0. The molecule has 38 valence electrons. The maximum Gasteiger partial charge on any atom is 2.00 e. The molecule has 0 aliphatic heterocycles. The van der Waals surface area contributed by atoms with Crippen LogP contribution in [0.1, 0.15) is 0 Å². The molecule has 0 saturated carbocycles. The first kappa shape index (κ1) is 90.9. The van der Waals surface area contributed by atoms with Crippen molar-refractivity contribution in [3.8, 4) is 0 Å². The minimum atomic E-state index is 0. The van der Waals surface area contributed by atoms with Gasteiger partial charge in [0.2, 0.25) is 0 Å². The van der Waals surface area contributed by atoms with Crippen molar-refractivity contribution in [3.05, 3.63) is 0 Å². The van der Waals surface area contributed by atoms with Crippen LogP contribution in [0.5, 0.6) is 0 Å². The Labute approximate surface area is 61.6 Å². The Kier molecular flexibility index (Phi) is 932. The summed E-state index contributed by atoms with van der Waals surface area (Å²) in [6, 6.07) is 0. The minimum Gasteiger partial charge on any atom is -2.00 e. The fourth-order valence-electron chi connectivity index (χ4n) is 0. The molecule has 2 nitrogen and oxygen atoms in total. The van der Waals surface area contributed by atoms with Gasteiger partial charge in [0, 0.05) is 0 Å². The summed E-state index contributed by atoms with van der Waals surface area (Å²) in [7, 11) is 0. The topological polar surface area (TPSA) is 57.0 Å². The van der Waals surface area contributed by atoms with Gasteiger partial charge in [0.05, 0.1) is 0 Å². The second-order valence-corrected chi connectivity index (χ2v) is 0. The van der Waals surface area contributed by atoms with Gasteiger partial charge in [-0.1, -0.05) is 0 Å². The molecule has 0 unspecified atom stereocenters. The van der Waals surface area contributed by atoms with Crippen LogP contribution in [0.3, 0.4) is 0 Å². The van der Waals surface area contributed by atoms with Crippen molar-refractivity contribution in [1.82, 2.24) is 0 Å². The summed E-state index contributed by atoms with van der Waals surface area (Å²) in [5.74, 6) is 0. The summed E-state index contributed by atoms with van der Waals surface area (Å²) in [4.78, 5) is 0. The number of rotatable bonds is 0. The van der Waals surface area contributed by atoms with E-state index in [0.717, 1.165) is 0 Å². The van der Waals surface area contributed by atoms with Gasteiger partial charge in [-0.3, -0.25) is 0 Å². The fourth-order valence-corrected chi connectivity index (χ4v) is 0. The smallest absolute Gasteiger partial charge is 2.00 e. The molecule has 0 aromatic carbocycles. The van der Waals surface area contributed by atoms with Crippen LogP contribution in [0, 0.1) is 0 Å². The molecule has 0 spiro atoms. The summed E-state index contributed by atoms with van der Waals surface area (Å²) < 4.78 is 0. The Bertz CT molecular complexity index is 9.61. The zero-order valence-corrected chi connectivity index (χ0v) is 4.92. The predicted molar refractivity (Wildman–Crippen MR) is 1.37 cm³/mol. The zero-order valence-electron chi connectivity index (χ0n) is 1.81. The van der Waals surface area contributed by atoms with Gasteiger partial charge < -0.3 is 11.0 Å². The molecule has 0 fully saturated rings. The molecule has 0 aromatic rings. The van der Waals surface area contributed by atoms with Crippen LogP contribution in [-0.4, -0.2) is 0 Å². The van der Waals surface area contributed by atoms with Gasteiger partial charge in [-0.25, -0.2) is 0 Å². The van der Waals surface area contributed by atoms with Crippen molar-refractivity contribution >= 4 is 0 Å². The molecule has 5 heteroatoms. The van der Waals surface area contributed by atoms with E-state index in [9.17, 15) is 0 Å². The van der Waals surface area contributed by atoms with E-state index in [2.05, 4.69) is 0 Å². The molecule has 0 saturated heterocycles. The van der Waals surface area contributed by atoms with Gasteiger partial charge in [0.25, 0.3) is 0 Å². The van der Waals surface area contributed by atoms with Crippen LogP contribution in [0.15, 0.2) is 0 Å².